The Morgan fingerprint density at radius 1 is 1.16 bits per heavy atom. The fourth-order valence-electron chi connectivity index (χ4n) is 4.19. The quantitative estimate of drug-likeness (QED) is 0.565. The lowest BCUT2D eigenvalue weighted by atomic mass is 9.72. The zero-order valence-electron chi connectivity index (χ0n) is 17.4. The molecule has 0 saturated carbocycles. The minimum absolute atomic E-state index is 0.0671. The molecule has 4 rings (SSSR count). The average Bonchev–Trinajstić information content (AvgIpc) is 2.74. The molecule has 0 radical (unpaired) electrons. The summed E-state index contributed by atoms with van der Waals surface area (Å²) in [6.07, 6.45) is 2.14. The van der Waals surface area contributed by atoms with Gasteiger partial charge >= 0.3 is 5.97 Å². The molecule has 1 unspecified atom stereocenters. The summed E-state index contributed by atoms with van der Waals surface area (Å²) in [5.41, 5.74) is 3.32. The van der Waals surface area contributed by atoms with Gasteiger partial charge < -0.3 is 10.4 Å². The van der Waals surface area contributed by atoms with Gasteiger partial charge in [-0.2, -0.15) is 0 Å². The summed E-state index contributed by atoms with van der Waals surface area (Å²) in [7, 11) is 0. The molecule has 0 aliphatic carbocycles. The largest absolute Gasteiger partial charge is 0.478 e. The van der Waals surface area contributed by atoms with Crippen molar-refractivity contribution >= 4 is 17.4 Å². The van der Waals surface area contributed by atoms with Gasteiger partial charge in [-0.05, 0) is 64.9 Å². The van der Waals surface area contributed by atoms with Crippen molar-refractivity contribution in [1.82, 2.24) is 4.98 Å². The van der Waals surface area contributed by atoms with E-state index in [1.807, 2.05) is 0 Å². The van der Waals surface area contributed by atoms with E-state index in [-0.39, 0.29) is 29.2 Å². The zero-order chi connectivity index (χ0) is 22.2. The Morgan fingerprint density at radius 3 is 2.68 bits per heavy atom. The Bertz CT molecular complexity index is 1160. The molecule has 158 valence electrons. The highest BCUT2D eigenvalue weighted by atomic mass is 19.1. The van der Waals surface area contributed by atoms with E-state index in [2.05, 4.69) is 24.1 Å². The summed E-state index contributed by atoms with van der Waals surface area (Å²) in [4.78, 5) is 27.9. The lowest BCUT2D eigenvalue weighted by molar-refractivity contribution is 0.0696. The van der Waals surface area contributed by atoms with Gasteiger partial charge in [0.15, 0.2) is 5.78 Å². The Morgan fingerprint density at radius 2 is 1.97 bits per heavy atom. The van der Waals surface area contributed by atoms with Gasteiger partial charge in [0.1, 0.15) is 11.5 Å². The minimum Gasteiger partial charge on any atom is -0.478 e. The fourth-order valence-corrected chi connectivity index (χ4v) is 4.19. The predicted octanol–water partition coefficient (Wildman–Crippen LogP) is 5.08. The Kier molecular flexibility index (Phi) is 5.31. The molecule has 1 aliphatic heterocycles. The van der Waals surface area contributed by atoms with Crippen molar-refractivity contribution in [3.63, 3.8) is 0 Å². The molecule has 0 spiro atoms. The number of hydrogen-bond acceptors (Lipinski definition) is 4. The van der Waals surface area contributed by atoms with Crippen LogP contribution in [0.2, 0.25) is 0 Å². The molecule has 5 nitrogen and oxygen atoms in total. The molecular formula is C25H23FN2O3. The number of benzene rings is 2. The van der Waals surface area contributed by atoms with Crippen LogP contribution < -0.4 is 5.32 Å². The summed E-state index contributed by atoms with van der Waals surface area (Å²) < 4.78 is 14.5. The molecule has 0 saturated heterocycles. The van der Waals surface area contributed by atoms with Crippen molar-refractivity contribution in [3.05, 3.63) is 94.6 Å². The Labute approximate surface area is 180 Å². The highest BCUT2D eigenvalue weighted by Gasteiger charge is 2.36. The maximum atomic E-state index is 14.5. The van der Waals surface area contributed by atoms with E-state index in [0.717, 1.165) is 16.8 Å². The maximum Gasteiger partial charge on any atom is 0.335 e. The molecule has 2 heterocycles. The van der Waals surface area contributed by atoms with E-state index in [4.69, 9.17) is 0 Å². The number of aromatic nitrogens is 1. The van der Waals surface area contributed by atoms with Crippen LogP contribution in [0.1, 0.15) is 57.4 Å². The van der Waals surface area contributed by atoms with Crippen LogP contribution in [0, 0.1) is 11.2 Å². The molecule has 0 fully saturated rings. The number of carboxylic acid groups (broad SMARTS) is 1. The second kappa shape index (κ2) is 7.95. The topological polar surface area (TPSA) is 79.3 Å². The number of fused-ring (bicyclic) bond motifs is 1. The SMILES string of the molecule is CC1(C)Cc2cc(C(=O)O)ccc2NC1c1ccc(F)c(CC(=O)c2ccccn2)c1. The van der Waals surface area contributed by atoms with E-state index >= 15 is 0 Å². The number of Topliss-reactive ketones (excluding diaryl/α,β-unsaturated/α-hetero) is 1. The van der Waals surface area contributed by atoms with E-state index in [9.17, 15) is 19.1 Å². The van der Waals surface area contributed by atoms with Crippen LogP contribution in [0.3, 0.4) is 0 Å². The predicted molar refractivity (Wildman–Crippen MR) is 116 cm³/mol. The molecule has 2 aromatic carbocycles. The molecule has 0 bridgehead atoms. The van der Waals surface area contributed by atoms with E-state index in [1.165, 1.54) is 6.07 Å². The van der Waals surface area contributed by atoms with Gasteiger partial charge in [0.2, 0.25) is 0 Å². The highest BCUT2D eigenvalue weighted by molar-refractivity contribution is 5.95. The number of pyridine rings is 1. The van der Waals surface area contributed by atoms with E-state index in [1.54, 1.807) is 54.7 Å². The van der Waals surface area contributed by atoms with Gasteiger partial charge in [0.25, 0.3) is 0 Å². The number of carbonyl (C=O) groups excluding carboxylic acids is 1. The van der Waals surface area contributed by atoms with Gasteiger partial charge in [0.05, 0.1) is 11.6 Å². The first-order chi connectivity index (χ1) is 14.7. The second-order valence-electron chi connectivity index (χ2n) is 8.59. The smallest absolute Gasteiger partial charge is 0.335 e. The molecule has 2 N–H and O–H groups in total. The third-order valence-electron chi connectivity index (χ3n) is 5.78. The number of halogens is 1. The van der Waals surface area contributed by atoms with Crippen molar-refractivity contribution in [2.45, 2.75) is 32.7 Å². The van der Waals surface area contributed by atoms with E-state index in [0.29, 0.717) is 17.7 Å². The molecule has 1 atom stereocenters. The number of nitrogens with one attached hydrogen (secondary N) is 1. The second-order valence-corrected chi connectivity index (χ2v) is 8.59. The van der Waals surface area contributed by atoms with Crippen LogP contribution in [0.4, 0.5) is 10.1 Å². The van der Waals surface area contributed by atoms with Gasteiger partial charge in [0, 0.05) is 18.3 Å². The zero-order valence-corrected chi connectivity index (χ0v) is 17.4. The van der Waals surface area contributed by atoms with Crippen LogP contribution in [-0.4, -0.2) is 21.8 Å². The van der Waals surface area contributed by atoms with Crippen molar-refractivity contribution in [1.29, 1.82) is 0 Å². The number of carbonyl (C=O) groups is 2. The molecule has 3 aromatic rings. The molecule has 1 aliphatic rings. The van der Waals surface area contributed by atoms with Crippen LogP contribution in [0.25, 0.3) is 0 Å². The number of rotatable bonds is 5. The van der Waals surface area contributed by atoms with E-state index < -0.39 is 11.8 Å². The molecular weight excluding hydrogens is 395 g/mol. The normalized spacial score (nSPS) is 16.8. The highest BCUT2D eigenvalue weighted by Crippen LogP contribution is 2.45. The molecule has 31 heavy (non-hydrogen) atoms. The summed E-state index contributed by atoms with van der Waals surface area (Å²) in [6.45, 7) is 4.17. The standard InChI is InChI=1S/C25H23FN2O3/c1-25(2)14-18-12-16(24(30)31)7-9-20(18)28-23(25)15-6-8-19(26)17(11-15)13-22(29)21-5-3-4-10-27-21/h3-12,23,28H,13-14H2,1-2H3,(H,30,31). The summed E-state index contributed by atoms with van der Waals surface area (Å²) in [6, 6.07) is 14.9. The first-order valence-corrected chi connectivity index (χ1v) is 10.1. The van der Waals surface area contributed by atoms with Gasteiger partial charge in [-0.15, -0.1) is 0 Å². The molecule has 0 amide bonds. The first kappa shape index (κ1) is 20.7. The van der Waals surface area contributed by atoms with Crippen LogP contribution in [0.15, 0.2) is 60.8 Å². The fraction of sp³-hybridized carbons (Fsp3) is 0.240. The number of anilines is 1. The van der Waals surface area contributed by atoms with Crippen LogP contribution >= 0.6 is 0 Å². The first-order valence-electron chi connectivity index (χ1n) is 10.1. The average molecular weight is 418 g/mol. The Balaban J connectivity index is 1.64. The van der Waals surface area contributed by atoms with Crippen molar-refractivity contribution < 1.29 is 19.1 Å². The lowest BCUT2D eigenvalue weighted by Crippen LogP contribution is -2.35. The van der Waals surface area contributed by atoms with Crippen LogP contribution in [0.5, 0.6) is 0 Å². The summed E-state index contributed by atoms with van der Waals surface area (Å²) >= 11 is 0. The summed E-state index contributed by atoms with van der Waals surface area (Å²) in [5.74, 6) is -1.62. The van der Waals surface area contributed by atoms with Gasteiger partial charge in [-0.25, -0.2) is 9.18 Å². The molecule has 6 heteroatoms. The Hall–Kier alpha value is -3.54. The number of carboxylic acids is 1. The van der Waals surface area contributed by atoms with Crippen molar-refractivity contribution in [2.75, 3.05) is 5.32 Å². The summed E-state index contributed by atoms with van der Waals surface area (Å²) in [5, 5.41) is 12.8. The minimum atomic E-state index is -0.955. The molecule has 1 aromatic heterocycles. The number of ketones is 1. The lowest BCUT2D eigenvalue weighted by Gasteiger charge is -2.41. The number of aromatic carboxylic acids is 1. The maximum absolute atomic E-state index is 14.5. The van der Waals surface area contributed by atoms with Gasteiger partial charge in [-0.1, -0.05) is 32.0 Å². The van der Waals surface area contributed by atoms with Crippen LogP contribution in [-0.2, 0) is 12.8 Å². The number of nitrogens with zero attached hydrogens (tertiary/aromatic N) is 1. The van der Waals surface area contributed by atoms with Crippen molar-refractivity contribution in [3.8, 4) is 0 Å². The number of hydrogen-bond donors (Lipinski definition) is 2. The monoisotopic (exact) mass is 418 g/mol. The third-order valence-corrected chi connectivity index (χ3v) is 5.78. The van der Waals surface area contributed by atoms with Gasteiger partial charge in [-0.3, -0.25) is 9.78 Å². The van der Waals surface area contributed by atoms with Crippen molar-refractivity contribution in [2.24, 2.45) is 5.41 Å². The third kappa shape index (κ3) is 4.19.